The van der Waals surface area contributed by atoms with Crippen LogP contribution in [0.25, 0.3) is 0 Å². The Morgan fingerprint density at radius 3 is 1.16 bits per heavy atom. The molecule has 0 aliphatic heterocycles. The first kappa shape index (κ1) is 35.4. The van der Waals surface area contributed by atoms with Gasteiger partial charge in [-0.15, -0.1) is 0 Å². The molecule has 1 N–H and O–H groups in total. The molecule has 7 nitrogen and oxygen atoms in total. The lowest BCUT2D eigenvalue weighted by Gasteiger charge is -2.30. The van der Waals surface area contributed by atoms with Crippen LogP contribution in [0.15, 0.2) is 0 Å². The van der Waals surface area contributed by atoms with Crippen LogP contribution in [-0.2, 0) is 28.6 Å². The summed E-state index contributed by atoms with van der Waals surface area (Å²) in [5, 5.41) is 11.5. The summed E-state index contributed by atoms with van der Waals surface area (Å²) in [4.78, 5) is 39.2. The van der Waals surface area contributed by atoms with Crippen LogP contribution in [0, 0.1) is 17.8 Å². The molecule has 0 saturated heterocycles. The van der Waals surface area contributed by atoms with Crippen LogP contribution < -0.4 is 0 Å². The zero-order valence-corrected chi connectivity index (χ0v) is 25.1. The minimum Gasteiger partial charge on any atom is -0.462 e. The molecule has 218 valence electrons. The average molecular weight is 529 g/mol. The van der Waals surface area contributed by atoms with Gasteiger partial charge < -0.3 is 19.3 Å². The molecule has 0 heterocycles. The van der Waals surface area contributed by atoms with Crippen molar-refractivity contribution in [1.29, 1.82) is 0 Å². The minimum absolute atomic E-state index is 0.0254. The van der Waals surface area contributed by atoms with Gasteiger partial charge in [0.15, 0.2) is 5.60 Å². The maximum atomic E-state index is 13.3. The Labute approximate surface area is 226 Å². The molecular weight excluding hydrogens is 472 g/mol. The number of rotatable bonds is 20. The van der Waals surface area contributed by atoms with Crippen molar-refractivity contribution in [3.63, 3.8) is 0 Å². The molecule has 0 aromatic rings. The standard InChI is InChI=1S/C30H56O7/c1-10-13-16-24(21(4)5)35-27(31)19-30(34,29(33)37-26(23(8)9)18-15-12-3)20-28(32)36-25(22(6)7)17-14-11-2/h21-26,34H,10-20H2,1-9H3. The normalized spacial score (nSPS) is 15.8. The van der Waals surface area contributed by atoms with E-state index in [4.69, 9.17) is 14.2 Å². The Hall–Kier alpha value is -1.63. The number of carbonyl (C=O) groups is 3. The quantitative estimate of drug-likeness (QED) is 0.137. The topological polar surface area (TPSA) is 99.1 Å². The zero-order valence-electron chi connectivity index (χ0n) is 25.1. The Morgan fingerprint density at radius 1 is 0.595 bits per heavy atom. The van der Waals surface area contributed by atoms with Crippen molar-refractivity contribution in [2.75, 3.05) is 0 Å². The molecule has 7 heteroatoms. The van der Waals surface area contributed by atoms with Crippen molar-refractivity contribution < 1.29 is 33.7 Å². The predicted octanol–water partition coefficient (Wildman–Crippen LogP) is 6.77. The van der Waals surface area contributed by atoms with Crippen molar-refractivity contribution in [3.05, 3.63) is 0 Å². The molecule has 37 heavy (non-hydrogen) atoms. The summed E-state index contributed by atoms with van der Waals surface area (Å²) < 4.78 is 17.1. The Kier molecular flexibility index (Phi) is 17.8. The maximum Gasteiger partial charge on any atom is 0.339 e. The smallest absolute Gasteiger partial charge is 0.339 e. The molecule has 0 aliphatic carbocycles. The van der Waals surface area contributed by atoms with Gasteiger partial charge in [0.2, 0.25) is 0 Å². The van der Waals surface area contributed by atoms with Crippen molar-refractivity contribution in [2.45, 2.75) is 157 Å². The average Bonchev–Trinajstić information content (AvgIpc) is 2.80. The lowest BCUT2D eigenvalue weighted by Crippen LogP contribution is -2.47. The summed E-state index contributed by atoms with van der Waals surface area (Å²) >= 11 is 0. The minimum atomic E-state index is -2.36. The fraction of sp³-hybridized carbons (Fsp3) is 0.900. The van der Waals surface area contributed by atoms with E-state index in [1.807, 2.05) is 41.5 Å². The SMILES string of the molecule is CCCCC(OC(=O)CC(O)(CC(=O)OC(CCCC)C(C)C)C(=O)OC(CCCC)C(C)C)C(C)C. The van der Waals surface area contributed by atoms with Crippen LogP contribution in [0.4, 0.5) is 0 Å². The summed E-state index contributed by atoms with van der Waals surface area (Å²) in [5.41, 5.74) is -2.36. The molecule has 0 bridgehead atoms. The van der Waals surface area contributed by atoms with Crippen LogP contribution in [-0.4, -0.2) is 46.9 Å². The Balaban J connectivity index is 5.79. The van der Waals surface area contributed by atoms with Gasteiger partial charge in [0.05, 0.1) is 12.8 Å². The van der Waals surface area contributed by atoms with E-state index in [2.05, 4.69) is 20.8 Å². The first-order valence-electron chi connectivity index (χ1n) is 14.6. The van der Waals surface area contributed by atoms with Gasteiger partial charge in [-0.05, 0) is 37.0 Å². The highest BCUT2D eigenvalue weighted by molar-refractivity contribution is 5.90. The molecule has 0 rings (SSSR count). The van der Waals surface area contributed by atoms with Gasteiger partial charge in [0, 0.05) is 0 Å². The largest absolute Gasteiger partial charge is 0.462 e. The second kappa shape index (κ2) is 18.6. The summed E-state index contributed by atoms with van der Waals surface area (Å²) in [6.07, 6.45) is 5.18. The number of hydrogen-bond acceptors (Lipinski definition) is 7. The van der Waals surface area contributed by atoms with Crippen LogP contribution in [0.2, 0.25) is 0 Å². The lowest BCUT2D eigenvalue weighted by molar-refractivity contribution is -0.186. The van der Waals surface area contributed by atoms with Crippen molar-refractivity contribution in [1.82, 2.24) is 0 Å². The molecule has 0 radical (unpaired) electrons. The third-order valence-electron chi connectivity index (χ3n) is 6.83. The van der Waals surface area contributed by atoms with Gasteiger partial charge in [-0.1, -0.05) is 101 Å². The Bertz CT molecular complexity index is 620. The maximum absolute atomic E-state index is 13.3. The summed E-state index contributed by atoms with van der Waals surface area (Å²) in [6.45, 7) is 17.9. The van der Waals surface area contributed by atoms with Crippen LogP contribution >= 0.6 is 0 Å². The van der Waals surface area contributed by atoms with Gasteiger partial charge in [-0.2, -0.15) is 0 Å². The number of unbranched alkanes of at least 4 members (excludes halogenated alkanes) is 3. The molecule has 0 spiro atoms. The van der Waals surface area contributed by atoms with E-state index in [9.17, 15) is 19.5 Å². The predicted molar refractivity (Wildman–Crippen MR) is 147 cm³/mol. The Morgan fingerprint density at radius 2 is 0.892 bits per heavy atom. The monoisotopic (exact) mass is 528 g/mol. The third kappa shape index (κ3) is 14.2. The van der Waals surface area contributed by atoms with Crippen molar-refractivity contribution >= 4 is 17.9 Å². The highest BCUT2D eigenvalue weighted by Gasteiger charge is 2.45. The van der Waals surface area contributed by atoms with Crippen LogP contribution in [0.5, 0.6) is 0 Å². The van der Waals surface area contributed by atoms with E-state index in [0.29, 0.717) is 19.3 Å². The van der Waals surface area contributed by atoms with Crippen LogP contribution in [0.3, 0.4) is 0 Å². The number of carbonyl (C=O) groups excluding carboxylic acids is 3. The molecule has 0 amide bonds. The first-order valence-corrected chi connectivity index (χ1v) is 14.6. The third-order valence-corrected chi connectivity index (χ3v) is 6.83. The van der Waals surface area contributed by atoms with Crippen molar-refractivity contribution in [2.24, 2.45) is 17.8 Å². The van der Waals surface area contributed by atoms with Gasteiger partial charge >= 0.3 is 17.9 Å². The second-order valence-corrected chi connectivity index (χ2v) is 11.5. The molecule has 0 aromatic carbocycles. The van der Waals surface area contributed by atoms with Gasteiger partial charge in [-0.3, -0.25) is 9.59 Å². The van der Waals surface area contributed by atoms with E-state index in [1.54, 1.807) is 0 Å². The lowest BCUT2D eigenvalue weighted by atomic mass is 9.94. The van der Waals surface area contributed by atoms with E-state index in [-0.39, 0.29) is 30.0 Å². The number of esters is 3. The number of ether oxygens (including phenoxy) is 3. The van der Waals surface area contributed by atoms with E-state index in [1.165, 1.54) is 0 Å². The zero-order chi connectivity index (χ0) is 28.6. The highest BCUT2D eigenvalue weighted by atomic mass is 16.6. The summed E-state index contributed by atoms with van der Waals surface area (Å²) in [5.74, 6) is -2.21. The molecule has 3 unspecified atom stereocenters. The van der Waals surface area contributed by atoms with Gasteiger partial charge in [0.1, 0.15) is 18.3 Å². The van der Waals surface area contributed by atoms with Gasteiger partial charge in [0.25, 0.3) is 0 Å². The molecule has 3 atom stereocenters. The molecule has 0 aromatic heterocycles. The summed E-state index contributed by atoms with van der Waals surface area (Å²) in [6, 6.07) is 0. The molecule has 0 saturated carbocycles. The number of aliphatic hydroxyl groups is 1. The van der Waals surface area contributed by atoms with E-state index >= 15 is 0 Å². The molecule has 0 fully saturated rings. The van der Waals surface area contributed by atoms with Crippen molar-refractivity contribution in [3.8, 4) is 0 Å². The second-order valence-electron chi connectivity index (χ2n) is 11.5. The first-order chi connectivity index (χ1) is 17.3. The summed E-state index contributed by atoms with van der Waals surface area (Å²) in [7, 11) is 0. The van der Waals surface area contributed by atoms with E-state index < -0.39 is 42.5 Å². The van der Waals surface area contributed by atoms with Gasteiger partial charge in [-0.25, -0.2) is 4.79 Å². The van der Waals surface area contributed by atoms with Crippen LogP contribution in [0.1, 0.15) is 133 Å². The fourth-order valence-electron chi connectivity index (χ4n) is 4.15. The molecular formula is C30H56O7. The van der Waals surface area contributed by atoms with E-state index in [0.717, 1.165) is 38.5 Å². The highest BCUT2D eigenvalue weighted by Crippen LogP contribution is 2.26. The number of hydrogen-bond donors (Lipinski definition) is 1. The molecule has 0 aliphatic rings. The fourth-order valence-corrected chi connectivity index (χ4v) is 4.15.